The van der Waals surface area contributed by atoms with Gasteiger partial charge in [-0.15, -0.1) is 0 Å². The van der Waals surface area contributed by atoms with Crippen LogP contribution in [0.2, 0.25) is 0 Å². The highest BCUT2D eigenvalue weighted by Crippen LogP contribution is 2.19. The molecule has 0 spiro atoms. The van der Waals surface area contributed by atoms with Crippen molar-refractivity contribution in [2.24, 2.45) is 17.6 Å². The average molecular weight is 448 g/mol. The van der Waals surface area contributed by atoms with Gasteiger partial charge in [-0.3, -0.25) is 4.79 Å². The van der Waals surface area contributed by atoms with E-state index < -0.39 is 6.10 Å². The second-order valence-corrected chi connectivity index (χ2v) is 9.65. The van der Waals surface area contributed by atoms with Crippen molar-refractivity contribution >= 4 is 5.91 Å². The van der Waals surface area contributed by atoms with Gasteiger partial charge in [-0.2, -0.15) is 0 Å². The van der Waals surface area contributed by atoms with Crippen LogP contribution >= 0.6 is 0 Å². The van der Waals surface area contributed by atoms with E-state index in [0.717, 1.165) is 50.1 Å². The molecule has 1 amide bonds. The van der Waals surface area contributed by atoms with Crippen molar-refractivity contribution in [3.63, 3.8) is 0 Å². The first-order valence-electron chi connectivity index (χ1n) is 12.4. The van der Waals surface area contributed by atoms with Crippen LogP contribution in [0.5, 0.6) is 0 Å². The molecule has 0 bridgehead atoms. The van der Waals surface area contributed by atoms with Crippen molar-refractivity contribution in [3.8, 4) is 0 Å². The summed E-state index contributed by atoms with van der Waals surface area (Å²) < 4.78 is 5.13. The molecule has 4 N–H and O–H groups in total. The molecule has 32 heavy (non-hydrogen) atoms. The zero-order valence-corrected chi connectivity index (χ0v) is 20.4. The summed E-state index contributed by atoms with van der Waals surface area (Å²) in [7, 11) is 1.71. The number of rotatable bonds is 14. The van der Waals surface area contributed by atoms with E-state index in [1.807, 2.05) is 24.3 Å². The van der Waals surface area contributed by atoms with Crippen LogP contribution in [0, 0.1) is 11.8 Å². The molecule has 2 rings (SSSR count). The van der Waals surface area contributed by atoms with E-state index in [1.54, 1.807) is 7.11 Å². The molecular formula is C26H45N3O3. The number of β-amino-alcohol motifs (C(OH)–C–C–N with tert-alkyl or cyclic N) is 1. The number of nitrogens with zero attached hydrogens (tertiary/aromatic N) is 1. The smallest absolute Gasteiger partial charge is 0.251 e. The van der Waals surface area contributed by atoms with Crippen molar-refractivity contribution in [1.29, 1.82) is 0 Å². The van der Waals surface area contributed by atoms with Crippen LogP contribution in [0.3, 0.4) is 0 Å². The van der Waals surface area contributed by atoms with E-state index in [0.29, 0.717) is 25.4 Å². The summed E-state index contributed by atoms with van der Waals surface area (Å²) in [5.41, 5.74) is 8.23. The highest BCUT2D eigenvalue weighted by atomic mass is 16.5. The van der Waals surface area contributed by atoms with E-state index >= 15 is 0 Å². The Morgan fingerprint density at radius 3 is 2.59 bits per heavy atom. The number of nitrogens with one attached hydrogen (secondary N) is 1. The number of hydrogen-bond donors (Lipinski definition) is 3. The molecule has 3 atom stereocenters. The van der Waals surface area contributed by atoms with Gasteiger partial charge >= 0.3 is 0 Å². The molecule has 182 valence electrons. The lowest BCUT2D eigenvalue weighted by atomic mass is 9.87. The number of piperidine rings is 1. The fourth-order valence-electron chi connectivity index (χ4n) is 4.48. The molecule has 0 saturated carbocycles. The Labute approximate surface area is 194 Å². The van der Waals surface area contributed by atoms with Gasteiger partial charge < -0.3 is 25.8 Å². The molecule has 0 unspecified atom stereocenters. The molecule has 6 heteroatoms. The van der Waals surface area contributed by atoms with Crippen LogP contribution in [0.1, 0.15) is 68.3 Å². The lowest BCUT2D eigenvalue weighted by Crippen LogP contribution is -2.47. The molecule has 1 saturated heterocycles. The zero-order valence-electron chi connectivity index (χ0n) is 20.4. The van der Waals surface area contributed by atoms with Gasteiger partial charge in [-0.05, 0) is 75.1 Å². The van der Waals surface area contributed by atoms with Crippen molar-refractivity contribution in [1.82, 2.24) is 10.2 Å². The minimum absolute atomic E-state index is 0.0274. The number of amides is 1. The average Bonchev–Trinajstić information content (AvgIpc) is 2.79. The fourth-order valence-corrected chi connectivity index (χ4v) is 4.48. The summed E-state index contributed by atoms with van der Waals surface area (Å²) in [4.78, 5) is 15.3. The van der Waals surface area contributed by atoms with Crippen LogP contribution in [0.15, 0.2) is 24.3 Å². The topological polar surface area (TPSA) is 87.8 Å². The normalized spacial score (nSPS) is 17.8. The summed E-state index contributed by atoms with van der Waals surface area (Å²) in [5, 5.41) is 13.8. The number of benzene rings is 1. The Kier molecular flexibility index (Phi) is 12.2. The summed E-state index contributed by atoms with van der Waals surface area (Å²) in [6.45, 7) is 8.38. The number of carbonyl (C=O) groups is 1. The third-order valence-electron chi connectivity index (χ3n) is 6.74. The Balaban J connectivity index is 1.87. The van der Waals surface area contributed by atoms with E-state index in [9.17, 15) is 9.90 Å². The van der Waals surface area contributed by atoms with E-state index in [1.165, 1.54) is 19.3 Å². The first-order chi connectivity index (χ1) is 15.4. The van der Waals surface area contributed by atoms with Crippen molar-refractivity contribution in [2.45, 2.75) is 70.9 Å². The van der Waals surface area contributed by atoms with Gasteiger partial charge in [0.2, 0.25) is 0 Å². The number of nitrogens with two attached hydrogens (primary N) is 1. The SMILES string of the molecule is COCCCCc1ccccc1C(=O)NC[C@@H](C[C@H](N)[C@@H](O)CN1CCCCC1)C(C)C. The molecule has 0 aliphatic carbocycles. The molecule has 0 aromatic heterocycles. The minimum Gasteiger partial charge on any atom is -0.390 e. The molecule has 1 aromatic rings. The lowest BCUT2D eigenvalue weighted by Gasteiger charge is -2.32. The Bertz CT molecular complexity index is 661. The van der Waals surface area contributed by atoms with Gasteiger partial charge in [0, 0.05) is 38.4 Å². The number of aryl methyl sites for hydroxylation is 1. The van der Waals surface area contributed by atoms with Gasteiger partial charge in [0.1, 0.15) is 0 Å². The highest BCUT2D eigenvalue weighted by Gasteiger charge is 2.25. The standard InChI is InChI=1S/C26H45N3O3/c1-20(2)22(17-24(27)25(30)19-29-14-8-4-9-15-29)18-28-26(31)23-13-6-5-11-21(23)12-7-10-16-32-3/h5-6,11,13,20,22,24-25,30H,4,7-10,12,14-19,27H2,1-3H3,(H,28,31)/t22-,24+,25+/m1/s1. The molecule has 6 nitrogen and oxygen atoms in total. The van der Waals surface area contributed by atoms with Crippen LogP contribution in [-0.4, -0.2) is 68.0 Å². The third-order valence-corrected chi connectivity index (χ3v) is 6.74. The zero-order chi connectivity index (χ0) is 23.3. The number of unbranched alkanes of at least 4 members (excludes halogenated alkanes) is 1. The van der Waals surface area contributed by atoms with Crippen molar-refractivity contribution < 1.29 is 14.6 Å². The summed E-state index contributed by atoms with van der Waals surface area (Å²) in [6.07, 6.45) is 6.71. The lowest BCUT2D eigenvalue weighted by molar-refractivity contribution is 0.0716. The van der Waals surface area contributed by atoms with Gasteiger partial charge in [-0.1, -0.05) is 38.5 Å². The number of aliphatic hydroxyl groups is 1. The van der Waals surface area contributed by atoms with Gasteiger partial charge in [-0.25, -0.2) is 0 Å². The quantitative estimate of drug-likeness (QED) is 0.381. The summed E-state index contributed by atoms with van der Waals surface area (Å²) in [5.74, 6) is 0.562. The monoisotopic (exact) mass is 447 g/mol. The van der Waals surface area contributed by atoms with Crippen molar-refractivity contribution in [3.05, 3.63) is 35.4 Å². The van der Waals surface area contributed by atoms with Gasteiger partial charge in [0.05, 0.1) is 6.10 Å². The number of ether oxygens (including phenoxy) is 1. The summed E-state index contributed by atoms with van der Waals surface area (Å²) in [6, 6.07) is 7.56. The second-order valence-electron chi connectivity index (χ2n) is 9.65. The number of likely N-dealkylation sites (tertiary alicyclic amines) is 1. The van der Waals surface area contributed by atoms with Crippen molar-refractivity contribution in [2.75, 3.05) is 39.9 Å². The van der Waals surface area contributed by atoms with Crippen LogP contribution in [0.25, 0.3) is 0 Å². The number of carbonyl (C=O) groups excluding carboxylic acids is 1. The van der Waals surface area contributed by atoms with Gasteiger partial charge in [0.25, 0.3) is 5.91 Å². The number of aliphatic hydroxyl groups excluding tert-OH is 1. The predicted molar refractivity (Wildman–Crippen MR) is 131 cm³/mol. The van der Waals surface area contributed by atoms with E-state index in [4.69, 9.17) is 10.5 Å². The fraction of sp³-hybridized carbons (Fsp3) is 0.731. The molecule has 0 radical (unpaired) electrons. The molecular weight excluding hydrogens is 402 g/mol. The molecule has 1 fully saturated rings. The van der Waals surface area contributed by atoms with Gasteiger partial charge in [0.15, 0.2) is 0 Å². The minimum atomic E-state index is -0.530. The Morgan fingerprint density at radius 2 is 1.91 bits per heavy atom. The highest BCUT2D eigenvalue weighted by molar-refractivity contribution is 5.95. The molecule has 1 heterocycles. The maximum absolute atomic E-state index is 12.9. The molecule has 1 aromatic carbocycles. The van der Waals surface area contributed by atoms with E-state index in [-0.39, 0.29) is 17.9 Å². The second kappa shape index (κ2) is 14.6. The molecule has 1 aliphatic heterocycles. The predicted octanol–water partition coefficient (Wildman–Crippen LogP) is 3.22. The Morgan fingerprint density at radius 1 is 1.19 bits per heavy atom. The largest absolute Gasteiger partial charge is 0.390 e. The number of methoxy groups -OCH3 is 1. The molecule has 1 aliphatic rings. The Hall–Kier alpha value is -1.47. The third kappa shape index (κ3) is 9.18. The first-order valence-corrected chi connectivity index (χ1v) is 12.4. The maximum atomic E-state index is 12.9. The van der Waals surface area contributed by atoms with Crippen LogP contribution in [-0.2, 0) is 11.2 Å². The number of hydrogen-bond acceptors (Lipinski definition) is 5. The van der Waals surface area contributed by atoms with E-state index in [2.05, 4.69) is 24.1 Å². The van der Waals surface area contributed by atoms with Crippen LogP contribution in [0.4, 0.5) is 0 Å². The summed E-state index contributed by atoms with van der Waals surface area (Å²) >= 11 is 0. The van der Waals surface area contributed by atoms with Crippen LogP contribution < -0.4 is 11.1 Å². The maximum Gasteiger partial charge on any atom is 0.251 e. The first kappa shape index (κ1) is 26.8.